The molecule has 1 heterocycles. The lowest BCUT2D eigenvalue weighted by Gasteiger charge is -2.39. The molecule has 0 amide bonds. The van der Waals surface area contributed by atoms with Gasteiger partial charge in [0.25, 0.3) is 0 Å². The molecule has 2 aliphatic carbocycles. The number of rotatable bonds is 8. The summed E-state index contributed by atoms with van der Waals surface area (Å²) in [5.41, 5.74) is 7.63. The van der Waals surface area contributed by atoms with Gasteiger partial charge in [-0.2, -0.15) is 0 Å². The number of aryl methyl sites for hydroxylation is 1. The van der Waals surface area contributed by atoms with E-state index in [-0.39, 0.29) is 31.4 Å². The van der Waals surface area contributed by atoms with E-state index in [0.717, 1.165) is 67.6 Å². The van der Waals surface area contributed by atoms with Crippen molar-refractivity contribution in [2.24, 2.45) is 11.8 Å². The molecule has 1 saturated heterocycles. The summed E-state index contributed by atoms with van der Waals surface area (Å²) in [6, 6.07) is 14.6. The highest BCUT2D eigenvalue weighted by molar-refractivity contribution is 5.92. The minimum atomic E-state index is -2.56. The van der Waals surface area contributed by atoms with E-state index in [9.17, 15) is 18.0 Å². The Labute approximate surface area is 224 Å². The fraction of sp³-hybridized carbons (Fsp3) is 0.531. The predicted octanol–water partition coefficient (Wildman–Crippen LogP) is 7.27. The van der Waals surface area contributed by atoms with E-state index in [1.165, 1.54) is 18.2 Å². The average molecular weight is 526 g/mol. The van der Waals surface area contributed by atoms with Gasteiger partial charge in [-0.05, 0) is 96.7 Å². The zero-order valence-corrected chi connectivity index (χ0v) is 22.3. The molecule has 2 aromatic carbocycles. The zero-order valence-electron chi connectivity index (χ0n) is 22.3. The Kier molecular flexibility index (Phi) is 8.27. The van der Waals surface area contributed by atoms with Gasteiger partial charge in [0.05, 0.1) is 19.3 Å². The fourth-order valence-electron chi connectivity index (χ4n) is 6.61. The number of esters is 1. The third-order valence-corrected chi connectivity index (χ3v) is 8.63. The van der Waals surface area contributed by atoms with Crippen LogP contribution in [0.15, 0.2) is 48.0 Å². The van der Waals surface area contributed by atoms with Crippen molar-refractivity contribution in [1.29, 1.82) is 0 Å². The minimum Gasteiger partial charge on any atom is -0.465 e. The summed E-state index contributed by atoms with van der Waals surface area (Å²) in [6.45, 7) is 2.64. The number of nitrogens with zero attached hydrogens (tertiary/aromatic N) is 1. The van der Waals surface area contributed by atoms with Crippen molar-refractivity contribution in [2.45, 2.75) is 63.7 Å². The molecule has 5 rings (SSSR count). The van der Waals surface area contributed by atoms with Crippen LogP contribution in [-0.4, -0.2) is 50.2 Å². The van der Waals surface area contributed by atoms with Crippen molar-refractivity contribution in [3.63, 3.8) is 0 Å². The Bertz CT molecular complexity index is 1160. The molecule has 0 N–H and O–H groups in total. The SMILES string of the molecule is COC(=O)c1ccc2c(c1)CCCC(C1CCC(F)(F)CC1)=C2c1ccc(CC2CN(CCCF)C2)cc1. The molecule has 3 aliphatic rings. The Hall–Kier alpha value is -2.60. The van der Waals surface area contributed by atoms with Crippen molar-refractivity contribution in [1.82, 2.24) is 4.90 Å². The Balaban J connectivity index is 1.44. The fourth-order valence-corrected chi connectivity index (χ4v) is 6.61. The van der Waals surface area contributed by atoms with Crippen molar-refractivity contribution in [3.8, 4) is 0 Å². The summed E-state index contributed by atoms with van der Waals surface area (Å²) in [6.07, 6.45) is 5.20. The molecule has 204 valence electrons. The lowest BCUT2D eigenvalue weighted by molar-refractivity contribution is -0.0423. The van der Waals surface area contributed by atoms with Crippen LogP contribution in [0.4, 0.5) is 13.2 Å². The lowest BCUT2D eigenvalue weighted by Crippen LogP contribution is -2.47. The number of hydrogen-bond acceptors (Lipinski definition) is 3. The molecule has 0 aromatic heterocycles. The maximum Gasteiger partial charge on any atom is 0.337 e. The second-order valence-corrected chi connectivity index (χ2v) is 11.3. The monoisotopic (exact) mass is 525 g/mol. The van der Waals surface area contributed by atoms with Crippen LogP contribution in [0.2, 0.25) is 0 Å². The summed E-state index contributed by atoms with van der Waals surface area (Å²) in [7, 11) is 1.39. The topological polar surface area (TPSA) is 29.5 Å². The molecule has 0 atom stereocenters. The van der Waals surface area contributed by atoms with Crippen molar-refractivity contribution in [2.75, 3.05) is 33.4 Å². The number of methoxy groups -OCH3 is 1. The van der Waals surface area contributed by atoms with Crippen molar-refractivity contribution < 1.29 is 22.7 Å². The number of benzene rings is 2. The summed E-state index contributed by atoms with van der Waals surface area (Å²) in [4.78, 5) is 14.5. The van der Waals surface area contributed by atoms with Gasteiger partial charge in [-0.15, -0.1) is 0 Å². The van der Waals surface area contributed by atoms with Gasteiger partial charge in [-0.3, -0.25) is 4.39 Å². The van der Waals surface area contributed by atoms with Gasteiger partial charge in [-0.1, -0.05) is 35.9 Å². The number of hydrogen-bond donors (Lipinski definition) is 0. The van der Waals surface area contributed by atoms with E-state index in [0.29, 0.717) is 30.7 Å². The molecule has 6 heteroatoms. The Morgan fingerprint density at radius 2 is 1.79 bits per heavy atom. The van der Waals surface area contributed by atoms with Crippen molar-refractivity contribution >= 4 is 11.5 Å². The van der Waals surface area contributed by atoms with Crippen LogP contribution in [0.5, 0.6) is 0 Å². The number of fused-ring (bicyclic) bond motifs is 1. The molecule has 0 spiro atoms. The molecule has 2 fully saturated rings. The smallest absolute Gasteiger partial charge is 0.337 e. The van der Waals surface area contributed by atoms with Crippen LogP contribution in [-0.2, 0) is 17.6 Å². The van der Waals surface area contributed by atoms with Gasteiger partial charge in [-0.25, -0.2) is 13.6 Å². The van der Waals surface area contributed by atoms with Crippen LogP contribution in [0.25, 0.3) is 5.57 Å². The summed E-state index contributed by atoms with van der Waals surface area (Å²) in [5, 5.41) is 0. The summed E-state index contributed by atoms with van der Waals surface area (Å²) < 4.78 is 45.4. The standard InChI is InChI=1S/C32H38F3NO2/c1-38-31(37)27-10-11-29-26(19-27)4-2-5-28(24-12-14-32(34,35)15-13-24)30(29)25-8-6-22(7-9-25)18-23-20-36(21-23)17-3-16-33/h6-11,19,23-24H,2-5,12-18,20-21H2,1H3. The maximum atomic E-state index is 14.0. The number of likely N-dealkylation sites (tertiary alicyclic amines) is 1. The molecular weight excluding hydrogens is 487 g/mol. The second kappa shape index (κ2) is 11.6. The predicted molar refractivity (Wildman–Crippen MR) is 144 cm³/mol. The number of allylic oxidation sites excluding steroid dienone is 1. The van der Waals surface area contributed by atoms with Crippen LogP contribution in [0.1, 0.15) is 77.6 Å². The number of carbonyl (C=O) groups excluding carboxylic acids is 1. The first kappa shape index (κ1) is 27.0. The minimum absolute atomic E-state index is 0.0503. The first-order chi connectivity index (χ1) is 18.4. The first-order valence-corrected chi connectivity index (χ1v) is 14.1. The van der Waals surface area contributed by atoms with E-state index in [4.69, 9.17) is 4.74 Å². The van der Waals surface area contributed by atoms with Gasteiger partial charge in [0, 0.05) is 32.5 Å². The van der Waals surface area contributed by atoms with E-state index in [1.807, 2.05) is 18.2 Å². The van der Waals surface area contributed by atoms with E-state index < -0.39 is 5.92 Å². The third-order valence-electron chi connectivity index (χ3n) is 8.63. The van der Waals surface area contributed by atoms with E-state index >= 15 is 0 Å². The molecule has 3 nitrogen and oxygen atoms in total. The lowest BCUT2D eigenvalue weighted by atomic mass is 9.76. The molecule has 38 heavy (non-hydrogen) atoms. The number of carbonyl (C=O) groups is 1. The quantitative estimate of drug-likeness (QED) is 0.340. The van der Waals surface area contributed by atoms with Crippen LogP contribution in [0, 0.1) is 11.8 Å². The van der Waals surface area contributed by atoms with E-state index in [1.54, 1.807) is 0 Å². The van der Waals surface area contributed by atoms with Gasteiger partial charge in [0.15, 0.2) is 0 Å². The third kappa shape index (κ3) is 6.01. The number of alkyl halides is 3. The van der Waals surface area contributed by atoms with Gasteiger partial charge in [0.1, 0.15) is 0 Å². The molecular formula is C32H38F3NO2. The second-order valence-electron chi connectivity index (χ2n) is 11.3. The number of halogens is 3. The van der Waals surface area contributed by atoms with Crippen LogP contribution < -0.4 is 0 Å². The Morgan fingerprint density at radius 1 is 1.05 bits per heavy atom. The zero-order chi connectivity index (χ0) is 26.7. The molecule has 0 bridgehead atoms. The molecule has 1 aliphatic heterocycles. The van der Waals surface area contributed by atoms with Gasteiger partial charge >= 0.3 is 5.97 Å². The average Bonchev–Trinajstić information content (AvgIpc) is 3.09. The highest BCUT2D eigenvalue weighted by Crippen LogP contribution is 2.45. The molecule has 1 saturated carbocycles. The highest BCUT2D eigenvalue weighted by Gasteiger charge is 2.37. The van der Waals surface area contributed by atoms with Gasteiger partial charge in [0.2, 0.25) is 5.92 Å². The normalized spacial score (nSPS) is 20.5. The van der Waals surface area contributed by atoms with Crippen LogP contribution >= 0.6 is 0 Å². The largest absolute Gasteiger partial charge is 0.465 e. The number of ether oxygens (including phenoxy) is 1. The Morgan fingerprint density at radius 3 is 2.47 bits per heavy atom. The van der Waals surface area contributed by atoms with Crippen LogP contribution in [0.3, 0.4) is 0 Å². The molecule has 2 aromatic rings. The van der Waals surface area contributed by atoms with E-state index in [2.05, 4.69) is 29.2 Å². The molecule has 0 unspecified atom stereocenters. The summed E-state index contributed by atoms with van der Waals surface area (Å²) in [5.74, 6) is -2.14. The highest BCUT2D eigenvalue weighted by atomic mass is 19.3. The first-order valence-electron chi connectivity index (χ1n) is 14.1. The maximum absolute atomic E-state index is 14.0. The van der Waals surface area contributed by atoms with Gasteiger partial charge < -0.3 is 9.64 Å². The summed E-state index contributed by atoms with van der Waals surface area (Å²) >= 11 is 0. The molecule has 0 radical (unpaired) electrons. The van der Waals surface area contributed by atoms with Crippen molar-refractivity contribution in [3.05, 3.63) is 75.9 Å².